The zero-order chi connectivity index (χ0) is 11.6. The first kappa shape index (κ1) is 13.4. The summed E-state index contributed by atoms with van der Waals surface area (Å²) in [4.78, 5) is 8.53. The number of nitrogens with one attached hydrogen (secondary N) is 1. The van der Waals surface area contributed by atoms with E-state index in [4.69, 9.17) is 4.74 Å². The van der Waals surface area contributed by atoms with Crippen molar-refractivity contribution >= 4 is 11.8 Å². The van der Waals surface area contributed by atoms with E-state index in [-0.39, 0.29) is 0 Å². The molecule has 0 spiro atoms. The van der Waals surface area contributed by atoms with Crippen molar-refractivity contribution in [1.82, 2.24) is 15.3 Å². The summed E-state index contributed by atoms with van der Waals surface area (Å²) in [6, 6.07) is 1.91. The molecule has 1 rings (SSSR count). The number of ether oxygens (including phenoxy) is 1. The standard InChI is InChI=1S/C11H19N3OS/c1-10-4-6-13-11(14-10)16-9-3-5-12-7-8-15-2/h4,6,12H,3,5,7-9H2,1-2H3. The SMILES string of the molecule is COCCNCCCSc1nccc(C)n1. The van der Waals surface area contributed by atoms with Crippen LogP contribution in [0.5, 0.6) is 0 Å². The summed E-state index contributed by atoms with van der Waals surface area (Å²) in [5, 5.41) is 4.18. The predicted octanol–water partition coefficient (Wildman–Crippen LogP) is 1.50. The van der Waals surface area contributed by atoms with Gasteiger partial charge in [0.05, 0.1) is 6.61 Å². The van der Waals surface area contributed by atoms with Gasteiger partial charge in [-0.05, 0) is 26.0 Å². The van der Waals surface area contributed by atoms with Gasteiger partial charge < -0.3 is 10.1 Å². The molecular weight excluding hydrogens is 222 g/mol. The molecule has 0 aliphatic heterocycles. The number of nitrogens with zero attached hydrogens (tertiary/aromatic N) is 2. The van der Waals surface area contributed by atoms with Gasteiger partial charge in [0.15, 0.2) is 5.16 Å². The lowest BCUT2D eigenvalue weighted by Crippen LogP contribution is -2.20. The highest BCUT2D eigenvalue weighted by atomic mass is 32.2. The fraction of sp³-hybridized carbons (Fsp3) is 0.636. The summed E-state index contributed by atoms with van der Waals surface area (Å²) >= 11 is 1.70. The van der Waals surface area contributed by atoms with E-state index >= 15 is 0 Å². The molecule has 0 amide bonds. The first-order valence-electron chi connectivity index (χ1n) is 5.45. The smallest absolute Gasteiger partial charge is 0.187 e. The van der Waals surface area contributed by atoms with E-state index in [9.17, 15) is 0 Å². The van der Waals surface area contributed by atoms with Crippen LogP contribution in [-0.4, -0.2) is 42.5 Å². The molecule has 0 saturated carbocycles. The maximum Gasteiger partial charge on any atom is 0.187 e. The molecular formula is C11H19N3OS. The Morgan fingerprint density at radius 1 is 1.44 bits per heavy atom. The highest BCUT2D eigenvalue weighted by Crippen LogP contribution is 2.12. The zero-order valence-corrected chi connectivity index (χ0v) is 10.7. The summed E-state index contributed by atoms with van der Waals surface area (Å²) in [6.07, 6.45) is 2.92. The number of hydrogen-bond acceptors (Lipinski definition) is 5. The first-order valence-corrected chi connectivity index (χ1v) is 6.43. The highest BCUT2D eigenvalue weighted by molar-refractivity contribution is 7.99. The molecule has 0 atom stereocenters. The lowest BCUT2D eigenvalue weighted by Gasteiger charge is -2.03. The summed E-state index contributed by atoms with van der Waals surface area (Å²) in [6.45, 7) is 4.69. The molecule has 16 heavy (non-hydrogen) atoms. The number of hydrogen-bond donors (Lipinski definition) is 1. The minimum absolute atomic E-state index is 0.772. The molecule has 0 aliphatic carbocycles. The molecule has 0 unspecified atom stereocenters. The van der Waals surface area contributed by atoms with Gasteiger partial charge in [0.25, 0.3) is 0 Å². The average Bonchev–Trinajstić information content (AvgIpc) is 2.28. The van der Waals surface area contributed by atoms with Crippen molar-refractivity contribution in [3.63, 3.8) is 0 Å². The topological polar surface area (TPSA) is 47.0 Å². The van der Waals surface area contributed by atoms with Crippen molar-refractivity contribution in [3.05, 3.63) is 18.0 Å². The molecule has 0 bridgehead atoms. The second-order valence-corrected chi connectivity index (χ2v) is 4.49. The predicted molar refractivity (Wildman–Crippen MR) is 66.9 cm³/mol. The van der Waals surface area contributed by atoms with Gasteiger partial charge in [0.1, 0.15) is 0 Å². The van der Waals surface area contributed by atoms with Gasteiger partial charge in [-0.15, -0.1) is 0 Å². The molecule has 0 aliphatic rings. The minimum Gasteiger partial charge on any atom is -0.383 e. The average molecular weight is 241 g/mol. The quantitative estimate of drug-likeness (QED) is 0.424. The van der Waals surface area contributed by atoms with E-state index < -0.39 is 0 Å². The van der Waals surface area contributed by atoms with Crippen molar-refractivity contribution in [2.24, 2.45) is 0 Å². The molecule has 0 aromatic carbocycles. The van der Waals surface area contributed by atoms with Crippen molar-refractivity contribution in [3.8, 4) is 0 Å². The van der Waals surface area contributed by atoms with Crippen LogP contribution in [0.2, 0.25) is 0 Å². The van der Waals surface area contributed by atoms with Gasteiger partial charge in [-0.2, -0.15) is 0 Å². The maximum atomic E-state index is 4.94. The van der Waals surface area contributed by atoms with Crippen molar-refractivity contribution in [2.75, 3.05) is 32.6 Å². The Labute approximate surface area is 101 Å². The van der Waals surface area contributed by atoms with E-state index in [1.807, 2.05) is 19.2 Å². The Bertz CT molecular complexity index is 296. The maximum absolute atomic E-state index is 4.94. The second-order valence-electron chi connectivity index (χ2n) is 3.43. The molecule has 5 heteroatoms. The zero-order valence-electron chi connectivity index (χ0n) is 9.90. The third-order valence-corrected chi connectivity index (χ3v) is 2.93. The van der Waals surface area contributed by atoms with Crippen LogP contribution in [0.25, 0.3) is 0 Å². The molecule has 0 radical (unpaired) electrons. The number of rotatable bonds is 8. The summed E-state index contributed by atoms with van der Waals surface area (Å²) in [5.41, 5.74) is 1.02. The van der Waals surface area contributed by atoms with E-state index in [0.717, 1.165) is 42.7 Å². The molecule has 1 aromatic rings. The number of aromatic nitrogens is 2. The lowest BCUT2D eigenvalue weighted by atomic mass is 10.5. The van der Waals surface area contributed by atoms with Gasteiger partial charge >= 0.3 is 0 Å². The van der Waals surface area contributed by atoms with Crippen LogP contribution >= 0.6 is 11.8 Å². The number of methoxy groups -OCH3 is 1. The van der Waals surface area contributed by atoms with Crippen molar-refractivity contribution in [1.29, 1.82) is 0 Å². The van der Waals surface area contributed by atoms with Crippen LogP contribution in [0.1, 0.15) is 12.1 Å². The van der Waals surface area contributed by atoms with Crippen LogP contribution in [-0.2, 0) is 4.74 Å². The fourth-order valence-electron chi connectivity index (χ4n) is 1.16. The Morgan fingerprint density at radius 2 is 2.31 bits per heavy atom. The van der Waals surface area contributed by atoms with Gasteiger partial charge in [0, 0.05) is 31.3 Å². The summed E-state index contributed by atoms with van der Waals surface area (Å²) in [7, 11) is 1.71. The van der Waals surface area contributed by atoms with Crippen LogP contribution in [0.3, 0.4) is 0 Å². The fourth-order valence-corrected chi connectivity index (χ4v) is 1.97. The van der Waals surface area contributed by atoms with Crippen molar-refractivity contribution in [2.45, 2.75) is 18.5 Å². The summed E-state index contributed by atoms with van der Waals surface area (Å²) in [5.74, 6) is 1.05. The Morgan fingerprint density at radius 3 is 3.06 bits per heavy atom. The molecule has 0 saturated heterocycles. The molecule has 90 valence electrons. The monoisotopic (exact) mass is 241 g/mol. The molecule has 1 N–H and O–H groups in total. The van der Waals surface area contributed by atoms with E-state index in [2.05, 4.69) is 15.3 Å². The summed E-state index contributed by atoms with van der Waals surface area (Å²) < 4.78 is 4.94. The molecule has 1 aromatic heterocycles. The molecule has 4 nitrogen and oxygen atoms in total. The van der Waals surface area contributed by atoms with E-state index in [1.54, 1.807) is 18.9 Å². The Balaban J connectivity index is 2.03. The third-order valence-electron chi connectivity index (χ3n) is 1.98. The van der Waals surface area contributed by atoms with Crippen LogP contribution in [0.4, 0.5) is 0 Å². The Kier molecular flexibility index (Phi) is 7.12. The van der Waals surface area contributed by atoms with Gasteiger partial charge in [0.2, 0.25) is 0 Å². The van der Waals surface area contributed by atoms with Gasteiger partial charge in [-0.25, -0.2) is 9.97 Å². The van der Waals surface area contributed by atoms with E-state index in [1.165, 1.54) is 0 Å². The van der Waals surface area contributed by atoms with Gasteiger partial charge in [-0.1, -0.05) is 11.8 Å². The second kappa shape index (κ2) is 8.50. The van der Waals surface area contributed by atoms with Crippen molar-refractivity contribution < 1.29 is 4.74 Å². The van der Waals surface area contributed by atoms with Crippen LogP contribution in [0.15, 0.2) is 17.4 Å². The molecule has 1 heterocycles. The largest absolute Gasteiger partial charge is 0.383 e. The van der Waals surface area contributed by atoms with E-state index in [0.29, 0.717) is 0 Å². The molecule has 0 fully saturated rings. The highest BCUT2D eigenvalue weighted by Gasteiger charge is 1.97. The normalized spacial score (nSPS) is 10.6. The lowest BCUT2D eigenvalue weighted by molar-refractivity contribution is 0.199. The number of thioether (sulfide) groups is 1. The minimum atomic E-state index is 0.772. The number of aryl methyl sites for hydroxylation is 1. The first-order chi connectivity index (χ1) is 7.83. The third kappa shape index (κ3) is 6.05. The van der Waals surface area contributed by atoms with Crippen LogP contribution < -0.4 is 5.32 Å². The Hall–Kier alpha value is -0.650. The van der Waals surface area contributed by atoms with Crippen LogP contribution in [0, 0.1) is 6.92 Å². The van der Waals surface area contributed by atoms with Gasteiger partial charge in [-0.3, -0.25) is 0 Å².